The van der Waals surface area contributed by atoms with Crippen molar-refractivity contribution in [2.75, 3.05) is 18.5 Å². The number of halogens is 1. The van der Waals surface area contributed by atoms with E-state index in [-0.39, 0.29) is 30.4 Å². The molecule has 0 fully saturated rings. The zero-order valence-electron chi connectivity index (χ0n) is 15.5. The lowest BCUT2D eigenvalue weighted by molar-refractivity contribution is -0.116. The maximum atomic E-state index is 14.6. The van der Waals surface area contributed by atoms with Gasteiger partial charge >= 0.3 is 0 Å². The fourth-order valence-corrected chi connectivity index (χ4v) is 3.25. The SMILES string of the molecule is Cc1cc(C)c(C)c(OCCC(=O)Nc2ccc3c(c2F)CCNC3)c1. The lowest BCUT2D eigenvalue weighted by Gasteiger charge is -2.19. The number of hydrogen-bond donors (Lipinski definition) is 2. The predicted octanol–water partition coefficient (Wildman–Crippen LogP) is 3.80. The van der Waals surface area contributed by atoms with Gasteiger partial charge in [0.15, 0.2) is 0 Å². The molecule has 2 N–H and O–H groups in total. The van der Waals surface area contributed by atoms with Crippen LogP contribution in [0, 0.1) is 26.6 Å². The molecule has 26 heavy (non-hydrogen) atoms. The van der Waals surface area contributed by atoms with Crippen LogP contribution in [0.2, 0.25) is 0 Å². The van der Waals surface area contributed by atoms with Crippen LogP contribution in [0.4, 0.5) is 10.1 Å². The largest absolute Gasteiger partial charge is 0.493 e. The van der Waals surface area contributed by atoms with E-state index in [4.69, 9.17) is 4.74 Å². The molecule has 0 aromatic heterocycles. The molecular formula is C21H25FN2O2. The molecule has 2 aromatic carbocycles. The summed E-state index contributed by atoms with van der Waals surface area (Å²) >= 11 is 0. The number of benzene rings is 2. The van der Waals surface area contributed by atoms with E-state index in [1.165, 1.54) is 0 Å². The Kier molecular flexibility index (Phi) is 5.57. The van der Waals surface area contributed by atoms with Crippen molar-refractivity contribution in [3.05, 3.63) is 57.9 Å². The van der Waals surface area contributed by atoms with Gasteiger partial charge in [0.25, 0.3) is 0 Å². The Morgan fingerprint density at radius 3 is 2.88 bits per heavy atom. The maximum absolute atomic E-state index is 14.6. The molecule has 1 amide bonds. The molecule has 0 radical (unpaired) electrons. The number of anilines is 1. The van der Waals surface area contributed by atoms with Gasteiger partial charge in [0, 0.05) is 6.54 Å². The van der Waals surface area contributed by atoms with Crippen LogP contribution in [0.3, 0.4) is 0 Å². The number of carbonyl (C=O) groups excluding carboxylic acids is 1. The van der Waals surface area contributed by atoms with E-state index in [2.05, 4.69) is 16.7 Å². The average molecular weight is 356 g/mol. The van der Waals surface area contributed by atoms with Crippen molar-refractivity contribution in [1.82, 2.24) is 5.32 Å². The van der Waals surface area contributed by atoms with Gasteiger partial charge in [0.2, 0.25) is 5.91 Å². The number of fused-ring (bicyclic) bond motifs is 1. The molecule has 0 saturated carbocycles. The molecule has 138 valence electrons. The zero-order valence-corrected chi connectivity index (χ0v) is 15.5. The average Bonchev–Trinajstić information content (AvgIpc) is 2.61. The van der Waals surface area contributed by atoms with Gasteiger partial charge in [-0.2, -0.15) is 0 Å². The molecule has 4 nitrogen and oxygen atoms in total. The Morgan fingerprint density at radius 2 is 2.08 bits per heavy atom. The van der Waals surface area contributed by atoms with Crippen molar-refractivity contribution in [1.29, 1.82) is 0 Å². The highest BCUT2D eigenvalue weighted by Crippen LogP contribution is 2.25. The standard InChI is InChI=1S/C21H25FN2O2/c1-13-10-14(2)15(3)19(11-13)26-9-7-20(25)24-18-5-4-16-12-23-8-6-17(16)21(18)22/h4-5,10-11,23H,6-9,12H2,1-3H3,(H,24,25). The smallest absolute Gasteiger partial charge is 0.227 e. The first-order valence-electron chi connectivity index (χ1n) is 8.97. The quantitative estimate of drug-likeness (QED) is 0.857. The first-order valence-corrected chi connectivity index (χ1v) is 8.97. The summed E-state index contributed by atoms with van der Waals surface area (Å²) in [6.45, 7) is 7.73. The highest BCUT2D eigenvalue weighted by Gasteiger charge is 2.17. The van der Waals surface area contributed by atoms with Crippen LogP contribution in [0.5, 0.6) is 5.75 Å². The van der Waals surface area contributed by atoms with Gasteiger partial charge in [-0.25, -0.2) is 4.39 Å². The van der Waals surface area contributed by atoms with Crippen LogP contribution in [-0.2, 0) is 17.8 Å². The minimum atomic E-state index is -0.316. The molecule has 5 heteroatoms. The van der Waals surface area contributed by atoms with Crippen molar-refractivity contribution < 1.29 is 13.9 Å². The monoisotopic (exact) mass is 356 g/mol. The maximum Gasteiger partial charge on any atom is 0.227 e. The Hall–Kier alpha value is -2.40. The number of hydrogen-bond acceptors (Lipinski definition) is 3. The van der Waals surface area contributed by atoms with Crippen LogP contribution < -0.4 is 15.4 Å². The van der Waals surface area contributed by atoms with Crippen molar-refractivity contribution in [2.24, 2.45) is 0 Å². The van der Waals surface area contributed by atoms with Crippen molar-refractivity contribution in [3.63, 3.8) is 0 Å². The van der Waals surface area contributed by atoms with E-state index < -0.39 is 0 Å². The summed E-state index contributed by atoms with van der Waals surface area (Å²) in [6.07, 6.45) is 0.810. The molecule has 0 bridgehead atoms. The minimum absolute atomic E-state index is 0.171. The first kappa shape index (κ1) is 18.4. The number of carbonyl (C=O) groups is 1. The minimum Gasteiger partial charge on any atom is -0.493 e. The lowest BCUT2D eigenvalue weighted by Crippen LogP contribution is -2.25. The topological polar surface area (TPSA) is 50.4 Å². The molecule has 0 atom stereocenters. The van der Waals surface area contributed by atoms with Gasteiger partial charge < -0.3 is 15.4 Å². The fourth-order valence-electron chi connectivity index (χ4n) is 3.25. The first-order chi connectivity index (χ1) is 12.5. The fraction of sp³-hybridized carbons (Fsp3) is 0.381. The van der Waals surface area contributed by atoms with Gasteiger partial charge in [-0.05, 0) is 73.7 Å². The molecule has 0 saturated heterocycles. The van der Waals surface area contributed by atoms with Gasteiger partial charge in [0.1, 0.15) is 11.6 Å². The molecular weight excluding hydrogens is 331 g/mol. The summed E-state index contributed by atoms with van der Waals surface area (Å²) in [6, 6.07) is 7.57. The molecule has 0 spiro atoms. The second kappa shape index (κ2) is 7.87. The highest BCUT2D eigenvalue weighted by molar-refractivity contribution is 5.91. The third-order valence-electron chi connectivity index (χ3n) is 4.83. The molecule has 1 heterocycles. The summed E-state index contributed by atoms with van der Waals surface area (Å²) in [7, 11) is 0. The summed E-state index contributed by atoms with van der Waals surface area (Å²) in [5.41, 5.74) is 5.26. The van der Waals surface area contributed by atoms with Crippen molar-refractivity contribution in [3.8, 4) is 5.75 Å². The second-order valence-electron chi connectivity index (χ2n) is 6.84. The van der Waals surface area contributed by atoms with Crippen LogP contribution in [0.1, 0.15) is 34.2 Å². The molecule has 0 unspecified atom stereocenters. The van der Waals surface area contributed by atoms with E-state index >= 15 is 0 Å². The van der Waals surface area contributed by atoms with Gasteiger partial charge in [0.05, 0.1) is 18.7 Å². The van der Waals surface area contributed by atoms with E-state index in [0.29, 0.717) is 18.5 Å². The molecule has 1 aliphatic rings. The van der Waals surface area contributed by atoms with Crippen LogP contribution in [-0.4, -0.2) is 19.1 Å². The van der Waals surface area contributed by atoms with E-state index in [9.17, 15) is 9.18 Å². The van der Waals surface area contributed by atoms with E-state index in [1.54, 1.807) is 6.07 Å². The van der Waals surface area contributed by atoms with Crippen LogP contribution >= 0.6 is 0 Å². The summed E-state index contributed by atoms with van der Waals surface area (Å²) in [5, 5.41) is 5.88. The van der Waals surface area contributed by atoms with Gasteiger partial charge in [-0.15, -0.1) is 0 Å². The Bertz CT molecular complexity index is 833. The molecule has 2 aromatic rings. The van der Waals surface area contributed by atoms with Crippen LogP contribution in [0.25, 0.3) is 0 Å². The Balaban J connectivity index is 1.58. The van der Waals surface area contributed by atoms with E-state index in [0.717, 1.165) is 34.5 Å². The van der Waals surface area contributed by atoms with Crippen molar-refractivity contribution >= 4 is 11.6 Å². The third-order valence-corrected chi connectivity index (χ3v) is 4.83. The highest BCUT2D eigenvalue weighted by atomic mass is 19.1. The number of nitrogens with one attached hydrogen (secondary N) is 2. The number of ether oxygens (including phenoxy) is 1. The summed E-state index contributed by atoms with van der Waals surface area (Å²) in [5.74, 6) is 0.228. The van der Waals surface area contributed by atoms with Gasteiger partial charge in [-0.1, -0.05) is 12.1 Å². The Labute approximate surface area is 153 Å². The molecule has 0 aliphatic carbocycles. The van der Waals surface area contributed by atoms with Gasteiger partial charge in [-0.3, -0.25) is 4.79 Å². The normalized spacial score (nSPS) is 13.2. The lowest BCUT2D eigenvalue weighted by atomic mass is 9.99. The number of rotatable bonds is 5. The van der Waals surface area contributed by atoms with Crippen LogP contribution in [0.15, 0.2) is 24.3 Å². The second-order valence-corrected chi connectivity index (χ2v) is 6.84. The number of aryl methyl sites for hydroxylation is 2. The molecule has 3 rings (SSSR count). The van der Waals surface area contributed by atoms with E-state index in [1.807, 2.05) is 32.9 Å². The zero-order chi connectivity index (χ0) is 18.7. The summed E-state index contributed by atoms with van der Waals surface area (Å²) in [4.78, 5) is 12.2. The third kappa shape index (κ3) is 4.05. The Morgan fingerprint density at radius 1 is 1.27 bits per heavy atom. The van der Waals surface area contributed by atoms with Crippen molar-refractivity contribution in [2.45, 2.75) is 40.2 Å². The predicted molar refractivity (Wildman–Crippen MR) is 101 cm³/mol. The summed E-state index contributed by atoms with van der Waals surface area (Å²) < 4.78 is 20.3. The number of amides is 1. The molecule has 1 aliphatic heterocycles.